The number of hydrogen-bond acceptors (Lipinski definition) is 3. The number of rotatable bonds is 3. The first kappa shape index (κ1) is 19.7. The monoisotopic (exact) mass is 416 g/mol. The lowest BCUT2D eigenvalue weighted by Crippen LogP contribution is -2.30. The largest absolute Gasteiger partial charge is 0.471 e. The van der Waals surface area contributed by atoms with Gasteiger partial charge in [-0.3, -0.25) is 9.59 Å². The van der Waals surface area contributed by atoms with E-state index >= 15 is 0 Å². The molecule has 27 heavy (non-hydrogen) atoms. The maximum Gasteiger partial charge on any atom is 0.471 e. The molecule has 0 saturated carbocycles. The highest BCUT2D eigenvalue weighted by Gasteiger charge is 2.40. The minimum Gasteiger partial charge on any atom is -0.322 e. The van der Waals surface area contributed by atoms with Crippen LogP contribution >= 0.6 is 22.9 Å². The average molecular weight is 417 g/mol. The maximum absolute atomic E-state index is 12.9. The van der Waals surface area contributed by atoms with Crippen molar-refractivity contribution in [1.29, 1.82) is 0 Å². The number of benzene rings is 1. The lowest BCUT2D eigenvalue weighted by Gasteiger charge is -2.20. The van der Waals surface area contributed by atoms with Crippen molar-refractivity contribution >= 4 is 45.4 Å². The van der Waals surface area contributed by atoms with E-state index in [2.05, 4.69) is 5.32 Å². The number of carbonyl (C=O) groups is 2. The van der Waals surface area contributed by atoms with E-state index in [4.69, 9.17) is 11.6 Å². The van der Waals surface area contributed by atoms with Gasteiger partial charge in [0.05, 0.1) is 5.56 Å². The predicted octanol–water partition coefficient (Wildman–Crippen LogP) is 5.59. The van der Waals surface area contributed by atoms with E-state index in [-0.39, 0.29) is 16.5 Å². The number of thiophene rings is 1. The van der Waals surface area contributed by atoms with Gasteiger partial charge in [-0.1, -0.05) is 18.5 Å². The van der Waals surface area contributed by atoms with E-state index in [0.29, 0.717) is 17.1 Å². The van der Waals surface area contributed by atoms with Crippen LogP contribution in [-0.4, -0.2) is 18.0 Å². The van der Waals surface area contributed by atoms with Gasteiger partial charge in [0.15, 0.2) is 0 Å². The zero-order chi connectivity index (χ0) is 19.8. The molecule has 1 aliphatic rings. The number of fused-ring (bicyclic) bond motifs is 1. The van der Waals surface area contributed by atoms with E-state index in [1.807, 2.05) is 12.2 Å². The fourth-order valence-corrected chi connectivity index (χ4v) is 4.61. The van der Waals surface area contributed by atoms with Gasteiger partial charge in [-0.15, -0.1) is 11.3 Å². The summed E-state index contributed by atoms with van der Waals surface area (Å²) >= 11 is 6.86. The normalized spacial score (nSPS) is 16.6. The lowest BCUT2D eigenvalue weighted by atomic mass is 9.86. The van der Waals surface area contributed by atoms with Crippen molar-refractivity contribution in [3.05, 3.63) is 45.3 Å². The summed E-state index contributed by atoms with van der Waals surface area (Å²) in [5.41, 5.74) is 1.28. The summed E-state index contributed by atoms with van der Waals surface area (Å²) in [5.74, 6) is -2.62. The fraction of sp³-hybridized carbons (Fsp3) is 0.333. The van der Waals surface area contributed by atoms with Crippen molar-refractivity contribution in [3.63, 3.8) is 0 Å². The number of aryl methyl sites for hydroxylation is 1. The topological polar surface area (TPSA) is 58.2 Å². The van der Waals surface area contributed by atoms with Crippen molar-refractivity contribution < 1.29 is 22.8 Å². The van der Waals surface area contributed by atoms with Gasteiger partial charge in [0.2, 0.25) is 0 Å². The Hall–Kier alpha value is -2.06. The van der Waals surface area contributed by atoms with Crippen LogP contribution < -0.4 is 10.6 Å². The van der Waals surface area contributed by atoms with Crippen LogP contribution in [0.1, 0.15) is 46.5 Å². The SMILES string of the molecule is CC1CCCc2sc(NC(=O)C(F)(F)F)c(C(=O)Nc3ccc(Cl)cc3)c21. The molecule has 0 fully saturated rings. The quantitative estimate of drug-likeness (QED) is 0.684. The molecule has 1 aromatic carbocycles. The molecule has 2 aromatic rings. The summed E-state index contributed by atoms with van der Waals surface area (Å²) in [6.45, 7) is 1.93. The average Bonchev–Trinajstić information content (AvgIpc) is 2.95. The number of anilines is 2. The molecule has 1 heterocycles. The zero-order valence-electron chi connectivity index (χ0n) is 14.2. The first-order valence-corrected chi connectivity index (χ1v) is 9.47. The van der Waals surface area contributed by atoms with Crippen molar-refractivity contribution in [2.45, 2.75) is 38.3 Å². The highest BCUT2D eigenvalue weighted by Crippen LogP contribution is 2.44. The van der Waals surface area contributed by atoms with E-state index in [1.54, 1.807) is 24.3 Å². The van der Waals surface area contributed by atoms with Crippen LogP contribution in [0, 0.1) is 0 Å². The van der Waals surface area contributed by atoms with Gasteiger partial charge in [-0.2, -0.15) is 13.2 Å². The Kier molecular flexibility index (Phi) is 5.48. The van der Waals surface area contributed by atoms with Crippen LogP contribution in [0.2, 0.25) is 5.02 Å². The summed E-state index contributed by atoms with van der Waals surface area (Å²) in [5, 5.41) is 4.97. The molecule has 144 valence electrons. The number of hydrogen-bond donors (Lipinski definition) is 2. The molecule has 2 N–H and O–H groups in total. The summed E-state index contributed by atoms with van der Waals surface area (Å²) in [4.78, 5) is 25.1. The molecule has 1 aliphatic carbocycles. The first-order chi connectivity index (χ1) is 12.7. The number of alkyl halides is 3. The fourth-order valence-electron chi connectivity index (χ4n) is 3.13. The lowest BCUT2D eigenvalue weighted by molar-refractivity contribution is -0.167. The smallest absolute Gasteiger partial charge is 0.322 e. The van der Waals surface area contributed by atoms with Gasteiger partial charge in [0.1, 0.15) is 5.00 Å². The Morgan fingerprint density at radius 2 is 1.85 bits per heavy atom. The Bertz CT molecular complexity index is 878. The minimum absolute atomic E-state index is 0.0208. The highest BCUT2D eigenvalue weighted by atomic mass is 35.5. The molecule has 1 aromatic heterocycles. The Labute approximate surface area is 162 Å². The van der Waals surface area contributed by atoms with Gasteiger partial charge in [0.25, 0.3) is 5.91 Å². The number of nitrogens with one attached hydrogen (secondary N) is 2. The van der Waals surface area contributed by atoms with Gasteiger partial charge in [-0.25, -0.2) is 0 Å². The summed E-state index contributed by atoms with van der Waals surface area (Å²) in [6.07, 6.45) is -2.63. The molecule has 0 saturated heterocycles. The number of amides is 2. The van der Waals surface area contributed by atoms with Crippen molar-refractivity contribution in [2.24, 2.45) is 0 Å². The van der Waals surface area contributed by atoms with Gasteiger partial charge < -0.3 is 10.6 Å². The van der Waals surface area contributed by atoms with Crippen LogP contribution in [0.15, 0.2) is 24.3 Å². The Balaban J connectivity index is 1.98. The summed E-state index contributed by atoms with van der Waals surface area (Å²) in [7, 11) is 0. The third-order valence-electron chi connectivity index (χ3n) is 4.37. The molecular weight excluding hydrogens is 401 g/mol. The van der Waals surface area contributed by atoms with Crippen LogP contribution in [0.3, 0.4) is 0 Å². The van der Waals surface area contributed by atoms with Crippen molar-refractivity contribution in [1.82, 2.24) is 0 Å². The van der Waals surface area contributed by atoms with Gasteiger partial charge in [0, 0.05) is 15.6 Å². The van der Waals surface area contributed by atoms with Gasteiger partial charge >= 0.3 is 12.1 Å². The van der Waals surface area contributed by atoms with E-state index in [9.17, 15) is 22.8 Å². The summed E-state index contributed by atoms with van der Waals surface area (Å²) < 4.78 is 38.1. The van der Waals surface area contributed by atoms with Crippen LogP contribution in [0.4, 0.5) is 23.9 Å². The molecule has 3 rings (SSSR count). The van der Waals surface area contributed by atoms with Crippen molar-refractivity contribution in [2.75, 3.05) is 10.6 Å². The van der Waals surface area contributed by atoms with E-state index in [1.165, 1.54) is 0 Å². The molecule has 0 radical (unpaired) electrons. The molecule has 1 unspecified atom stereocenters. The molecule has 0 bridgehead atoms. The first-order valence-electron chi connectivity index (χ1n) is 8.27. The Morgan fingerprint density at radius 1 is 1.19 bits per heavy atom. The van der Waals surface area contributed by atoms with Crippen LogP contribution in [-0.2, 0) is 11.2 Å². The second-order valence-corrected chi connectivity index (χ2v) is 7.89. The van der Waals surface area contributed by atoms with Crippen molar-refractivity contribution in [3.8, 4) is 0 Å². The maximum atomic E-state index is 12.9. The van der Waals surface area contributed by atoms with E-state index in [0.717, 1.165) is 34.6 Å². The number of halogens is 4. The third kappa shape index (κ3) is 4.27. The standard InChI is InChI=1S/C18H16ClF3N2O2S/c1-9-3-2-4-12-13(9)14(16(27-12)24-17(26)18(20,21)22)15(25)23-11-7-5-10(19)6-8-11/h5-9H,2-4H2,1H3,(H,23,25)(H,24,26). The second-order valence-electron chi connectivity index (χ2n) is 6.35. The minimum atomic E-state index is -5.03. The second kappa shape index (κ2) is 7.52. The molecule has 2 amide bonds. The number of carbonyl (C=O) groups excluding carboxylic acids is 2. The molecule has 9 heteroatoms. The van der Waals surface area contributed by atoms with Gasteiger partial charge in [-0.05, 0) is 55.0 Å². The van der Waals surface area contributed by atoms with E-state index < -0.39 is 18.0 Å². The molecule has 0 spiro atoms. The highest BCUT2D eigenvalue weighted by molar-refractivity contribution is 7.17. The molecule has 0 aliphatic heterocycles. The predicted molar refractivity (Wildman–Crippen MR) is 99.8 cm³/mol. The van der Waals surface area contributed by atoms with Crippen LogP contribution in [0.5, 0.6) is 0 Å². The summed E-state index contributed by atoms with van der Waals surface area (Å²) in [6, 6.07) is 6.37. The third-order valence-corrected chi connectivity index (χ3v) is 5.80. The molecular formula is C18H16ClF3N2O2S. The molecule has 4 nitrogen and oxygen atoms in total. The Morgan fingerprint density at radius 3 is 2.48 bits per heavy atom. The molecule has 1 atom stereocenters. The van der Waals surface area contributed by atoms with Crippen LogP contribution in [0.25, 0.3) is 0 Å². The zero-order valence-corrected chi connectivity index (χ0v) is 15.8.